The Bertz CT molecular complexity index is 827. The van der Waals surface area contributed by atoms with Crippen LogP contribution in [0.4, 0.5) is 10.5 Å². The molecule has 1 aromatic heterocycles. The zero-order chi connectivity index (χ0) is 18.4. The summed E-state index contributed by atoms with van der Waals surface area (Å²) in [5, 5.41) is 11.5. The molecule has 1 aromatic carbocycles. The number of rotatable bonds is 6. The van der Waals surface area contributed by atoms with Crippen LogP contribution in [0.5, 0.6) is 0 Å². The second-order valence-corrected chi connectivity index (χ2v) is 6.50. The highest BCUT2D eigenvalue weighted by Crippen LogP contribution is 2.14. The summed E-state index contributed by atoms with van der Waals surface area (Å²) in [5.41, 5.74) is 2.48. The monoisotopic (exact) mass is 363 g/mol. The Balaban J connectivity index is 1.86. The average molecular weight is 363 g/mol. The third-order valence-electron chi connectivity index (χ3n) is 3.52. The Morgan fingerprint density at radius 3 is 2.72 bits per heavy atom. The van der Waals surface area contributed by atoms with Crippen molar-refractivity contribution in [2.24, 2.45) is 0 Å². The molecule has 1 heterocycles. The van der Waals surface area contributed by atoms with E-state index in [1.54, 1.807) is 6.07 Å². The molecule has 0 radical (unpaired) electrons. The van der Waals surface area contributed by atoms with Crippen molar-refractivity contribution in [2.45, 2.75) is 38.9 Å². The van der Waals surface area contributed by atoms with Gasteiger partial charge in [0.05, 0.1) is 5.75 Å². The van der Waals surface area contributed by atoms with Crippen molar-refractivity contribution in [1.82, 2.24) is 20.1 Å². The highest BCUT2D eigenvalue weighted by Gasteiger charge is 2.13. The predicted molar refractivity (Wildman–Crippen MR) is 96.9 cm³/mol. The second-order valence-electron chi connectivity index (χ2n) is 5.55. The minimum Gasteiger partial charge on any atom is -0.308 e. The Hall–Kier alpha value is -2.55. The number of aromatic amines is 1. The van der Waals surface area contributed by atoms with Crippen molar-refractivity contribution in [3.05, 3.63) is 39.8 Å². The molecule has 0 unspecified atom stereocenters. The molecule has 0 fully saturated rings. The van der Waals surface area contributed by atoms with Gasteiger partial charge in [0.2, 0.25) is 5.91 Å². The van der Waals surface area contributed by atoms with Crippen LogP contribution in [0.25, 0.3) is 0 Å². The number of imide groups is 1. The molecule has 3 amide bonds. The summed E-state index contributed by atoms with van der Waals surface area (Å²) in [7, 11) is 0. The van der Waals surface area contributed by atoms with Gasteiger partial charge in [-0.15, -0.1) is 5.10 Å². The van der Waals surface area contributed by atoms with Gasteiger partial charge in [0, 0.05) is 12.2 Å². The standard InChI is InChI=1S/C16H21N5O3S/c1-4-7-21-15(24)19-20-16(21)25-9-13(22)18-14(23)17-12-6-5-10(2)11(3)8-12/h5-6,8H,4,7,9H2,1-3H3,(H,19,24)(H2,17,18,22,23). The van der Waals surface area contributed by atoms with Crippen LogP contribution in [-0.4, -0.2) is 32.5 Å². The van der Waals surface area contributed by atoms with E-state index in [2.05, 4.69) is 20.8 Å². The first-order valence-corrected chi connectivity index (χ1v) is 8.85. The molecule has 2 aromatic rings. The van der Waals surface area contributed by atoms with Crippen LogP contribution in [0, 0.1) is 13.8 Å². The lowest BCUT2D eigenvalue weighted by Gasteiger charge is -2.08. The number of benzene rings is 1. The van der Waals surface area contributed by atoms with Crippen LogP contribution in [0.3, 0.4) is 0 Å². The number of anilines is 1. The van der Waals surface area contributed by atoms with Gasteiger partial charge >= 0.3 is 11.7 Å². The SMILES string of the molecule is CCCn1c(SCC(=O)NC(=O)Nc2ccc(C)c(C)c2)n[nH]c1=O. The van der Waals surface area contributed by atoms with Crippen molar-refractivity contribution >= 4 is 29.4 Å². The highest BCUT2D eigenvalue weighted by atomic mass is 32.2. The first-order chi connectivity index (χ1) is 11.9. The number of amides is 3. The molecule has 0 spiro atoms. The molecule has 25 heavy (non-hydrogen) atoms. The number of carbonyl (C=O) groups excluding carboxylic acids is 2. The van der Waals surface area contributed by atoms with Crippen molar-refractivity contribution in [2.75, 3.05) is 11.1 Å². The van der Waals surface area contributed by atoms with Gasteiger partial charge in [0.15, 0.2) is 5.16 Å². The third kappa shape index (κ3) is 5.21. The first-order valence-electron chi connectivity index (χ1n) is 7.86. The number of nitrogens with one attached hydrogen (secondary N) is 3. The van der Waals surface area contributed by atoms with Crippen LogP contribution in [0.1, 0.15) is 24.5 Å². The molecule has 0 bridgehead atoms. The zero-order valence-electron chi connectivity index (χ0n) is 14.4. The molecule has 8 nitrogen and oxygen atoms in total. The van der Waals surface area contributed by atoms with Crippen LogP contribution in [0.15, 0.2) is 28.2 Å². The number of urea groups is 1. The van der Waals surface area contributed by atoms with E-state index in [9.17, 15) is 14.4 Å². The Morgan fingerprint density at radius 2 is 2.04 bits per heavy atom. The highest BCUT2D eigenvalue weighted by molar-refractivity contribution is 7.99. The summed E-state index contributed by atoms with van der Waals surface area (Å²) in [6.07, 6.45) is 0.775. The van der Waals surface area contributed by atoms with E-state index in [1.807, 2.05) is 32.9 Å². The zero-order valence-corrected chi connectivity index (χ0v) is 15.2. The normalized spacial score (nSPS) is 10.5. The Labute approximate surface area is 149 Å². The van der Waals surface area contributed by atoms with Gasteiger partial charge in [-0.2, -0.15) is 0 Å². The fourth-order valence-corrected chi connectivity index (χ4v) is 2.88. The summed E-state index contributed by atoms with van der Waals surface area (Å²) in [4.78, 5) is 35.3. The maximum atomic E-state index is 11.9. The Morgan fingerprint density at radius 1 is 1.28 bits per heavy atom. The molecule has 2 rings (SSSR count). The lowest BCUT2D eigenvalue weighted by molar-refractivity contribution is -0.117. The van der Waals surface area contributed by atoms with Crippen LogP contribution in [0.2, 0.25) is 0 Å². The molecular formula is C16H21N5O3S. The summed E-state index contributed by atoms with van der Waals surface area (Å²) >= 11 is 1.10. The minimum atomic E-state index is -0.596. The first kappa shape index (κ1) is 18.8. The molecule has 0 aliphatic heterocycles. The van der Waals surface area contributed by atoms with E-state index in [0.717, 1.165) is 29.3 Å². The summed E-state index contributed by atoms with van der Waals surface area (Å²) < 4.78 is 1.47. The van der Waals surface area contributed by atoms with Gasteiger partial charge in [-0.05, 0) is 43.5 Å². The average Bonchev–Trinajstić information content (AvgIpc) is 2.90. The largest absolute Gasteiger partial charge is 0.343 e. The summed E-state index contributed by atoms with van der Waals surface area (Å²) in [5.74, 6) is -0.487. The van der Waals surface area contributed by atoms with Gasteiger partial charge in [0.1, 0.15) is 0 Å². The quantitative estimate of drug-likeness (QED) is 0.681. The lowest BCUT2D eigenvalue weighted by Crippen LogP contribution is -2.35. The molecule has 0 atom stereocenters. The maximum Gasteiger partial charge on any atom is 0.343 e. The Kier molecular flexibility index (Phi) is 6.40. The smallest absolute Gasteiger partial charge is 0.308 e. The summed E-state index contributed by atoms with van der Waals surface area (Å²) in [6.45, 7) is 6.39. The topological polar surface area (TPSA) is 109 Å². The molecule has 0 aliphatic rings. The van der Waals surface area contributed by atoms with E-state index in [1.165, 1.54) is 4.57 Å². The van der Waals surface area contributed by atoms with Crippen LogP contribution < -0.4 is 16.3 Å². The van der Waals surface area contributed by atoms with Crippen LogP contribution >= 0.6 is 11.8 Å². The van der Waals surface area contributed by atoms with Gasteiger partial charge in [0.25, 0.3) is 0 Å². The molecule has 134 valence electrons. The fourth-order valence-electron chi connectivity index (χ4n) is 2.11. The van der Waals surface area contributed by atoms with Crippen molar-refractivity contribution in [3.63, 3.8) is 0 Å². The molecular weight excluding hydrogens is 342 g/mol. The molecule has 3 N–H and O–H groups in total. The molecule has 0 saturated carbocycles. The van der Waals surface area contributed by atoms with E-state index in [-0.39, 0.29) is 11.4 Å². The summed E-state index contributed by atoms with van der Waals surface area (Å²) in [6, 6.07) is 4.91. The van der Waals surface area contributed by atoms with Gasteiger partial charge in [-0.3, -0.25) is 14.7 Å². The minimum absolute atomic E-state index is 0.0195. The van der Waals surface area contributed by atoms with Gasteiger partial charge in [-0.1, -0.05) is 24.8 Å². The van der Waals surface area contributed by atoms with E-state index < -0.39 is 11.9 Å². The predicted octanol–water partition coefficient (Wildman–Crippen LogP) is 2.04. The number of carbonyl (C=O) groups is 2. The number of hydrogen-bond acceptors (Lipinski definition) is 5. The molecule has 9 heteroatoms. The van der Waals surface area contributed by atoms with E-state index >= 15 is 0 Å². The van der Waals surface area contributed by atoms with Crippen molar-refractivity contribution in [3.8, 4) is 0 Å². The van der Waals surface area contributed by atoms with Crippen molar-refractivity contribution in [1.29, 1.82) is 0 Å². The fraction of sp³-hybridized carbons (Fsp3) is 0.375. The van der Waals surface area contributed by atoms with E-state index in [0.29, 0.717) is 17.4 Å². The lowest BCUT2D eigenvalue weighted by atomic mass is 10.1. The number of aromatic nitrogens is 3. The van der Waals surface area contributed by atoms with Gasteiger partial charge < -0.3 is 5.32 Å². The number of H-pyrrole nitrogens is 1. The van der Waals surface area contributed by atoms with Gasteiger partial charge in [-0.25, -0.2) is 14.7 Å². The second kappa shape index (κ2) is 8.52. The number of aryl methyl sites for hydroxylation is 2. The molecule has 0 saturated heterocycles. The molecule has 0 aliphatic carbocycles. The van der Waals surface area contributed by atoms with Crippen molar-refractivity contribution < 1.29 is 9.59 Å². The third-order valence-corrected chi connectivity index (χ3v) is 4.50. The number of nitrogens with zero attached hydrogens (tertiary/aromatic N) is 2. The number of hydrogen-bond donors (Lipinski definition) is 3. The maximum absolute atomic E-state index is 11.9. The van der Waals surface area contributed by atoms with Crippen LogP contribution in [-0.2, 0) is 11.3 Å². The number of thioether (sulfide) groups is 1. The van der Waals surface area contributed by atoms with E-state index in [4.69, 9.17) is 0 Å².